The van der Waals surface area contributed by atoms with E-state index in [4.69, 9.17) is 11.5 Å². The smallest absolute Gasteiger partial charge is 0.293 e. The first-order chi connectivity index (χ1) is 16.4. The molecule has 0 saturated heterocycles. The van der Waals surface area contributed by atoms with Crippen LogP contribution in [0.15, 0.2) is 58.3 Å². The molecule has 6 N–H and O–H groups in total. The van der Waals surface area contributed by atoms with Crippen molar-refractivity contribution in [1.82, 2.24) is 30.7 Å². The van der Waals surface area contributed by atoms with Crippen LogP contribution >= 0.6 is 0 Å². The number of carbonyl (C=O) groups excluding carboxylic acids is 2. The topological polar surface area (TPSA) is 192 Å². The van der Waals surface area contributed by atoms with Gasteiger partial charge in [0.1, 0.15) is 5.82 Å². The van der Waals surface area contributed by atoms with Crippen LogP contribution in [0.3, 0.4) is 0 Å². The molecule has 4 rings (SSSR count). The fraction of sp³-hybridized carbons (Fsp3) is 0.0500. The van der Waals surface area contributed by atoms with E-state index in [1.165, 1.54) is 35.2 Å². The number of nitrogen functional groups attached to an aromatic ring is 1. The van der Waals surface area contributed by atoms with Crippen LogP contribution in [-0.2, 0) is 6.54 Å². The number of hydrazone groups is 1. The summed E-state index contributed by atoms with van der Waals surface area (Å²) < 4.78 is 18.8. The molecule has 0 bridgehead atoms. The van der Waals surface area contributed by atoms with E-state index in [-0.39, 0.29) is 35.1 Å². The van der Waals surface area contributed by atoms with Crippen molar-refractivity contribution in [3.05, 3.63) is 76.9 Å². The van der Waals surface area contributed by atoms with Crippen LogP contribution in [0.2, 0.25) is 0 Å². The van der Waals surface area contributed by atoms with Crippen molar-refractivity contribution >= 4 is 29.5 Å². The van der Waals surface area contributed by atoms with E-state index >= 15 is 0 Å². The normalized spacial score (nSPS) is 11.0. The van der Waals surface area contributed by atoms with Crippen LogP contribution in [-0.4, -0.2) is 43.3 Å². The van der Waals surface area contributed by atoms with Crippen LogP contribution in [0.4, 0.5) is 15.9 Å². The standard InChI is InChI=1S/C20H17FN10O3/c21-12-7-5-11(6-8-12)9-25-27-20(33)16-15(31(30-26-16)19-17(22)28-34-29-19)10-24-14-4-2-1-3-13(14)18(23)32/h1-9,24H,10H2,(H2,22,28)(H2,23,32)(H,27,33)/b25-9-. The third-order valence-electron chi connectivity index (χ3n) is 4.56. The maximum absolute atomic E-state index is 13.0. The molecule has 0 aliphatic rings. The second kappa shape index (κ2) is 9.56. The van der Waals surface area contributed by atoms with Crippen molar-refractivity contribution in [1.29, 1.82) is 0 Å². The van der Waals surface area contributed by atoms with Gasteiger partial charge in [0.15, 0.2) is 5.69 Å². The number of nitrogens with one attached hydrogen (secondary N) is 2. The predicted molar refractivity (Wildman–Crippen MR) is 117 cm³/mol. The number of anilines is 2. The van der Waals surface area contributed by atoms with E-state index in [9.17, 15) is 14.0 Å². The summed E-state index contributed by atoms with van der Waals surface area (Å²) in [6.45, 7) is -0.0337. The lowest BCUT2D eigenvalue weighted by Crippen LogP contribution is -2.22. The van der Waals surface area contributed by atoms with Gasteiger partial charge in [0, 0.05) is 5.69 Å². The Balaban J connectivity index is 1.60. The number of para-hydroxylation sites is 1. The third-order valence-corrected chi connectivity index (χ3v) is 4.56. The molecule has 0 spiro atoms. The second-order valence-electron chi connectivity index (χ2n) is 6.78. The molecule has 172 valence electrons. The van der Waals surface area contributed by atoms with Gasteiger partial charge >= 0.3 is 0 Å². The minimum absolute atomic E-state index is 0.0151. The molecule has 4 aromatic rings. The molecule has 0 radical (unpaired) electrons. The molecule has 0 unspecified atom stereocenters. The molecule has 0 aliphatic heterocycles. The Labute approximate surface area is 190 Å². The lowest BCUT2D eigenvalue weighted by atomic mass is 10.1. The van der Waals surface area contributed by atoms with Crippen molar-refractivity contribution in [2.45, 2.75) is 6.54 Å². The van der Waals surface area contributed by atoms with Crippen molar-refractivity contribution in [3.8, 4) is 5.82 Å². The zero-order valence-corrected chi connectivity index (χ0v) is 17.3. The van der Waals surface area contributed by atoms with Gasteiger partial charge in [-0.1, -0.05) is 29.5 Å². The van der Waals surface area contributed by atoms with Gasteiger partial charge in [0.05, 0.1) is 24.0 Å². The monoisotopic (exact) mass is 464 g/mol. The van der Waals surface area contributed by atoms with Crippen molar-refractivity contribution in [2.75, 3.05) is 11.1 Å². The van der Waals surface area contributed by atoms with E-state index in [1.807, 2.05) is 0 Å². The summed E-state index contributed by atoms with van der Waals surface area (Å²) in [5.41, 5.74) is 14.9. The van der Waals surface area contributed by atoms with Gasteiger partial charge in [-0.2, -0.15) is 9.78 Å². The highest BCUT2D eigenvalue weighted by Gasteiger charge is 2.24. The first-order valence-electron chi connectivity index (χ1n) is 9.68. The van der Waals surface area contributed by atoms with Crippen LogP contribution in [0, 0.1) is 5.82 Å². The van der Waals surface area contributed by atoms with Gasteiger partial charge in [-0.05, 0) is 40.1 Å². The van der Waals surface area contributed by atoms with Gasteiger partial charge in [-0.25, -0.2) is 14.4 Å². The Kier molecular flexibility index (Phi) is 6.20. The lowest BCUT2D eigenvalue weighted by molar-refractivity contribution is 0.0947. The van der Waals surface area contributed by atoms with Crippen LogP contribution in [0.1, 0.15) is 32.1 Å². The lowest BCUT2D eigenvalue weighted by Gasteiger charge is -2.11. The molecular weight excluding hydrogens is 447 g/mol. The number of amides is 2. The summed E-state index contributed by atoms with van der Waals surface area (Å²) in [6, 6.07) is 12.1. The summed E-state index contributed by atoms with van der Waals surface area (Å²) in [6.07, 6.45) is 1.34. The van der Waals surface area contributed by atoms with E-state index in [1.54, 1.807) is 24.3 Å². The summed E-state index contributed by atoms with van der Waals surface area (Å²) in [5.74, 6) is -1.78. The first kappa shape index (κ1) is 22.1. The van der Waals surface area contributed by atoms with Gasteiger partial charge in [-0.3, -0.25) is 9.59 Å². The zero-order valence-electron chi connectivity index (χ0n) is 17.3. The first-order valence-corrected chi connectivity index (χ1v) is 9.68. The number of benzene rings is 2. The molecule has 2 aromatic carbocycles. The van der Waals surface area contributed by atoms with Crippen molar-refractivity contribution < 1.29 is 18.6 Å². The molecule has 2 heterocycles. The Bertz CT molecular complexity index is 1360. The van der Waals surface area contributed by atoms with Gasteiger partial charge in [-0.15, -0.1) is 5.10 Å². The maximum atomic E-state index is 13.0. The average Bonchev–Trinajstić information content (AvgIpc) is 3.44. The fourth-order valence-corrected chi connectivity index (χ4v) is 2.94. The predicted octanol–water partition coefficient (Wildman–Crippen LogP) is 0.847. The Morgan fingerprint density at radius 1 is 1.15 bits per heavy atom. The minimum atomic E-state index is -0.695. The van der Waals surface area contributed by atoms with Crippen LogP contribution in [0.25, 0.3) is 5.82 Å². The second-order valence-corrected chi connectivity index (χ2v) is 6.78. The number of nitrogens with zero attached hydrogens (tertiary/aromatic N) is 6. The molecule has 0 saturated carbocycles. The van der Waals surface area contributed by atoms with Crippen LogP contribution < -0.4 is 22.2 Å². The Hall–Kier alpha value is -5.14. The molecule has 2 aromatic heterocycles. The van der Waals surface area contributed by atoms with Gasteiger partial charge in [0.25, 0.3) is 11.8 Å². The molecule has 34 heavy (non-hydrogen) atoms. The Morgan fingerprint density at radius 3 is 2.62 bits per heavy atom. The highest BCUT2D eigenvalue weighted by Crippen LogP contribution is 2.19. The molecule has 2 amide bonds. The van der Waals surface area contributed by atoms with Gasteiger partial charge in [0.2, 0.25) is 11.6 Å². The maximum Gasteiger partial charge on any atom is 0.293 e. The Morgan fingerprint density at radius 2 is 1.91 bits per heavy atom. The number of nitrogens with two attached hydrogens (primary N) is 2. The van der Waals surface area contributed by atoms with Crippen LogP contribution in [0.5, 0.6) is 0 Å². The highest BCUT2D eigenvalue weighted by molar-refractivity contribution is 5.98. The van der Waals surface area contributed by atoms with Gasteiger partial charge < -0.3 is 16.8 Å². The average molecular weight is 464 g/mol. The molecule has 0 atom stereocenters. The number of halogens is 1. The minimum Gasteiger partial charge on any atom is -0.379 e. The molecule has 14 heteroatoms. The number of carbonyl (C=O) groups is 2. The van der Waals surface area contributed by atoms with E-state index in [0.29, 0.717) is 11.3 Å². The van der Waals surface area contributed by atoms with Crippen molar-refractivity contribution in [2.24, 2.45) is 10.8 Å². The summed E-state index contributed by atoms with van der Waals surface area (Å²) in [4.78, 5) is 24.5. The van der Waals surface area contributed by atoms with E-state index in [0.717, 1.165) is 0 Å². The number of hydrogen-bond donors (Lipinski definition) is 4. The number of primary amides is 1. The summed E-state index contributed by atoms with van der Waals surface area (Å²) in [5, 5.41) is 21.9. The number of hydrogen-bond acceptors (Lipinski definition) is 10. The van der Waals surface area contributed by atoms with E-state index < -0.39 is 17.6 Å². The fourth-order valence-electron chi connectivity index (χ4n) is 2.94. The quantitative estimate of drug-likeness (QED) is 0.216. The molecular formula is C20H17FN10O3. The number of aromatic nitrogens is 5. The molecule has 13 nitrogen and oxygen atoms in total. The zero-order chi connectivity index (χ0) is 24.1. The molecule has 0 aliphatic carbocycles. The van der Waals surface area contributed by atoms with Crippen molar-refractivity contribution in [3.63, 3.8) is 0 Å². The highest BCUT2D eigenvalue weighted by atomic mass is 19.1. The number of rotatable bonds is 8. The summed E-state index contributed by atoms with van der Waals surface area (Å²) in [7, 11) is 0. The summed E-state index contributed by atoms with van der Waals surface area (Å²) >= 11 is 0. The van der Waals surface area contributed by atoms with E-state index in [2.05, 4.69) is 41.1 Å². The SMILES string of the molecule is NC(=O)c1ccccc1NCc1c(C(=O)N/N=C\c2ccc(F)cc2)nnn1-c1nonc1N. The molecule has 0 fully saturated rings. The largest absolute Gasteiger partial charge is 0.379 e. The third kappa shape index (κ3) is 4.69.